The summed E-state index contributed by atoms with van der Waals surface area (Å²) in [6.45, 7) is 0. The minimum Gasteiger partial charge on any atom is -0.463 e. The Morgan fingerprint density at radius 1 is 0.895 bits per heavy atom. The fraction of sp³-hybridized carbons (Fsp3) is 0. The molecule has 0 saturated heterocycles. The van der Waals surface area contributed by atoms with E-state index in [1.54, 1.807) is 0 Å². The molecule has 94 valence electrons. The minimum atomic E-state index is -0.504. The van der Waals surface area contributed by atoms with E-state index in [0.717, 1.165) is 6.07 Å². The predicted octanol–water partition coefficient (Wildman–Crippen LogP) is 3.74. The molecule has 0 N–H and O–H groups in total. The molecule has 0 amide bonds. The maximum absolute atomic E-state index is 13.2. The van der Waals surface area contributed by atoms with Crippen LogP contribution in [-0.2, 0) is 0 Å². The van der Waals surface area contributed by atoms with Crippen molar-refractivity contribution in [1.82, 2.24) is 0 Å². The monoisotopic (exact) mass is 258 g/mol. The standard InChI is InChI=1S/C15H8F2O2/c16-10-3-1-9(2-4-10)13-8-19-14-6-5-11(17)7-12(14)15(13)18/h1-8H. The molecule has 0 atom stereocenters. The van der Waals surface area contributed by atoms with E-state index in [-0.39, 0.29) is 22.2 Å². The molecule has 0 aliphatic rings. The second kappa shape index (κ2) is 4.31. The number of halogens is 2. The van der Waals surface area contributed by atoms with Gasteiger partial charge in [0, 0.05) is 0 Å². The predicted molar refractivity (Wildman–Crippen MR) is 67.8 cm³/mol. The van der Waals surface area contributed by atoms with Crippen LogP contribution in [-0.4, -0.2) is 0 Å². The van der Waals surface area contributed by atoms with Crippen molar-refractivity contribution in [1.29, 1.82) is 0 Å². The Bertz CT molecular complexity index is 804. The van der Waals surface area contributed by atoms with E-state index >= 15 is 0 Å². The molecule has 0 bridgehead atoms. The van der Waals surface area contributed by atoms with Gasteiger partial charge in [0.2, 0.25) is 5.43 Å². The summed E-state index contributed by atoms with van der Waals surface area (Å²) in [7, 11) is 0. The van der Waals surface area contributed by atoms with E-state index in [4.69, 9.17) is 4.42 Å². The van der Waals surface area contributed by atoms with Gasteiger partial charge in [-0.15, -0.1) is 0 Å². The van der Waals surface area contributed by atoms with E-state index in [0.29, 0.717) is 11.1 Å². The Balaban J connectivity index is 2.28. The summed E-state index contributed by atoms with van der Waals surface area (Å²) in [6, 6.07) is 9.23. The van der Waals surface area contributed by atoms with Crippen LogP contribution < -0.4 is 5.43 Å². The lowest BCUT2D eigenvalue weighted by Crippen LogP contribution is -2.05. The van der Waals surface area contributed by atoms with E-state index in [1.807, 2.05) is 0 Å². The Morgan fingerprint density at radius 2 is 1.58 bits per heavy atom. The molecular weight excluding hydrogens is 250 g/mol. The first-order valence-electron chi connectivity index (χ1n) is 5.62. The van der Waals surface area contributed by atoms with Crippen molar-refractivity contribution in [2.45, 2.75) is 0 Å². The van der Waals surface area contributed by atoms with Crippen LogP contribution in [0.4, 0.5) is 8.78 Å². The summed E-state index contributed by atoms with van der Waals surface area (Å²) in [6.07, 6.45) is 1.30. The lowest BCUT2D eigenvalue weighted by atomic mass is 10.1. The SMILES string of the molecule is O=c1c(-c2ccc(F)cc2)coc2ccc(F)cc12. The normalized spacial score (nSPS) is 10.8. The molecule has 0 fully saturated rings. The molecule has 0 unspecified atom stereocenters. The van der Waals surface area contributed by atoms with Crippen LogP contribution >= 0.6 is 0 Å². The molecule has 0 aliphatic heterocycles. The molecule has 0 radical (unpaired) electrons. The fourth-order valence-corrected chi connectivity index (χ4v) is 1.93. The molecule has 19 heavy (non-hydrogen) atoms. The largest absolute Gasteiger partial charge is 0.463 e. The first kappa shape index (κ1) is 11.6. The van der Waals surface area contributed by atoms with E-state index in [9.17, 15) is 13.6 Å². The van der Waals surface area contributed by atoms with Gasteiger partial charge in [-0.1, -0.05) is 12.1 Å². The van der Waals surface area contributed by atoms with Crippen molar-refractivity contribution in [3.8, 4) is 11.1 Å². The smallest absolute Gasteiger partial charge is 0.200 e. The highest BCUT2D eigenvalue weighted by Crippen LogP contribution is 2.20. The number of rotatable bonds is 1. The van der Waals surface area contributed by atoms with Crippen molar-refractivity contribution in [2.24, 2.45) is 0 Å². The minimum absolute atomic E-state index is 0.168. The maximum atomic E-state index is 13.2. The molecule has 0 saturated carbocycles. The average Bonchev–Trinajstić information content (AvgIpc) is 2.41. The summed E-state index contributed by atoms with van der Waals surface area (Å²) in [5.41, 5.74) is 0.782. The van der Waals surface area contributed by atoms with Crippen molar-refractivity contribution in [3.63, 3.8) is 0 Å². The average molecular weight is 258 g/mol. The number of benzene rings is 2. The fourth-order valence-electron chi connectivity index (χ4n) is 1.93. The van der Waals surface area contributed by atoms with Crippen LogP contribution in [0.15, 0.2) is 57.9 Å². The van der Waals surface area contributed by atoms with Crippen molar-refractivity contribution >= 4 is 11.0 Å². The van der Waals surface area contributed by atoms with Crippen LogP contribution in [0.2, 0.25) is 0 Å². The topological polar surface area (TPSA) is 30.2 Å². The molecule has 1 heterocycles. The van der Waals surface area contributed by atoms with Gasteiger partial charge in [-0.05, 0) is 35.9 Å². The molecule has 0 aliphatic carbocycles. The van der Waals surface area contributed by atoms with Gasteiger partial charge in [0.25, 0.3) is 0 Å². The number of hydrogen-bond acceptors (Lipinski definition) is 2. The number of hydrogen-bond donors (Lipinski definition) is 0. The van der Waals surface area contributed by atoms with E-state index < -0.39 is 5.82 Å². The summed E-state index contributed by atoms with van der Waals surface area (Å²) in [4.78, 5) is 12.2. The first-order chi connectivity index (χ1) is 9.15. The quantitative estimate of drug-likeness (QED) is 0.665. The summed E-state index contributed by atoms with van der Waals surface area (Å²) < 4.78 is 31.3. The molecule has 0 spiro atoms. The molecule has 3 rings (SSSR count). The Kier molecular flexibility index (Phi) is 2.63. The van der Waals surface area contributed by atoms with Gasteiger partial charge in [-0.3, -0.25) is 4.79 Å². The van der Waals surface area contributed by atoms with Crippen molar-refractivity contribution in [3.05, 3.63) is 70.6 Å². The summed E-state index contributed by atoms with van der Waals surface area (Å²) >= 11 is 0. The highest BCUT2D eigenvalue weighted by molar-refractivity contribution is 5.81. The lowest BCUT2D eigenvalue weighted by Gasteiger charge is -2.02. The summed E-state index contributed by atoms with van der Waals surface area (Å²) in [5, 5.41) is 0.168. The zero-order valence-electron chi connectivity index (χ0n) is 9.69. The van der Waals surface area contributed by atoms with Crippen LogP contribution in [0.25, 0.3) is 22.1 Å². The molecule has 2 aromatic carbocycles. The zero-order valence-corrected chi connectivity index (χ0v) is 9.69. The van der Waals surface area contributed by atoms with Gasteiger partial charge in [-0.2, -0.15) is 0 Å². The first-order valence-corrected chi connectivity index (χ1v) is 5.62. The van der Waals surface area contributed by atoms with Crippen molar-refractivity contribution < 1.29 is 13.2 Å². The summed E-state index contributed by atoms with van der Waals surface area (Å²) in [5.74, 6) is -0.893. The highest BCUT2D eigenvalue weighted by Gasteiger charge is 2.09. The lowest BCUT2D eigenvalue weighted by molar-refractivity contribution is 0.598. The molecule has 4 heteroatoms. The molecule has 1 aromatic heterocycles. The second-order valence-electron chi connectivity index (χ2n) is 4.13. The Morgan fingerprint density at radius 3 is 2.32 bits per heavy atom. The molecular formula is C15H8F2O2. The van der Waals surface area contributed by atoms with E-state index in [2.05, 4.69) is 0 Å². The second-order valence-corrected chi connectivity index (χ2v) is 4.13. The van der Waals surface area contributed by atoms with Gasteiger partial charge in [-0.25, -0.2) is 8.78 Å². The van der Waals surface area contributed by atoms with Gasteiger partial charge in [0.15, 0.2) is 0 Å². The highest BCUT2D eigenvalue weighted by atomic mass is 19.1. The van der Waals surface area contributed by atoms with Crippen LogP contribution in [0.5, 0.6) is 0 Å². The van der Waals surface area contributed by atoms with Crippen molar-refractivity contribution in [2.75, 3.05) is 0 Å². The third-order valence-electron chi connectivity index (χ3n) is 2.89. The van der Waals surface area contributed by atoms with Crippen LogP contribution in [0.3, 0.4) is 0 Å². The maximum Gasteiger partial charge on any atom is 0.200 e. The third-order valence-corrected chi connectivity index (χ3v) is 2.89. The Hall–Kier alpha value is -2.49. The van der Waals surface area contributed by atoms with Crippen LogP contribution in [0, 0.1) is 11.6 Å². The number of fused-ring (bicyclic) bond motifs is 1. The van der Waals surface area contributed by atoms with Gasteiger partial charge in [0.05, 0.1) is 10.9 Å². The molecule has 3 aromatic rings. The third kappa shape index (κ3) is 2.01. The Labute approximate surface area is 106 Å². The van der Waals surface area contributed by atoms with Crippen LogP contribution in [0.1, 0.15) is 0 Å². The van der Waals surface area contributed by atoms with Gasteiger partial charge >= 0.3 is 0 Å². The van der Waals surface area contributed by atoms with Gasteiger partial charge < -0.3 is 4.42 Å². The molecule has 2 nitrogen and oxygen atoms in total. The van der Waals surface area contributed by atoms with Gasteiger partial charge in [0.1, 0.15) is 23.5 Å². The van der Waals surface area contributed by atoms with E-state index in [1.165, 1.54) is 42.7 Å². The zero-order chi connectivity index (χ0) is 13.4.